The number of hydrogen-bond donors (Lipinski definition) is 0. The Morgan fingerprint density at radius 2 is 1.59 bits per heavy atom. The van der Waals surface area contributed by atoms with Gasteiger partial charge in [0.05, 0.1) is 21.3 Å². The highest BCUT2D eigenvalue weighted by molar-refractivity contribution is 7.22. The normalized spacial score (nSPS) is 11.0. The lowest BCUT2D eigenvalue weighted by Crippen LogP contribution is -2.36. The molecule has 0 N–H and O–H groups in total. The smallest absolute Gasteiger partial charge is 0.260 e. The molecule has 2 aromatic carbocycles. The molecule has 0 fully saturated rings. The summed E-state index contributed by atoms with van der Waals surface area (Å²) >= 11 is 1.41. The van der Waals surface area contributed by atoms with E-state index in [4.69, 9.17) is 19.2 Å². The molecule has 0 saturated carbocycles. The number of amides is 1. The van der Waals surface area contributed by atoms with E-state index in [1.165, 1.54) is 11.3 Å². The lowest BCUT2D eigenvalue weighted by molar-refractivity contribution is 0.0985. The molecule has 0 unspecified atom stereocenters. The van der Waals surface area contributed by atoms with Gasteiger partial charge >= 0.3 is 0 Å². The first-order chi connectivity index (χ1) is 14.0. The van der Waals surface area contributed by atoms with Gasteiger partial charge in [-0.2, -0.15) is 0 Å². The summed E-state index contributed by atoms with van der Waals surface area (Å²) in [6.07, 6.45) is 0. The molecule has 3 rings (SSSR count). The van der Waals surface area contributed by atoms with Crippen molar-refractivity contribution in [3.05, 3.63) is 42.0 Å². The summed E-state index contributed by atoms with van der Waals surface area (Å²) in [5, 5.41) is 0.602. The number of anilines is 1. The van der Waals surface area contributed by atoms with Gasteiger partial charge in [-0.3, -0.25) is 9.69 Å². The van der Waals surface area contributed by atoms with Crippen molar-refractivity contribution in [3.8, 4) is 17.2 Å². The van der Waals surface area contributed by atoms with Gasteiger partial charge < -0.3 is 19.1 Å². The molecule has 29 heavy (non-hydrogen) atoms. The highest BCUT2D eigenvalue weighted by Crippen LogP contribution is 2.40. The van der Waals surface area contributed by atoms with Crippen LogP contribution in [0.5, 0.6) is 17.2 Å². The van der Waals surface area contributed by atoms with Gasteiger partial charge in [-0.25, -0.2) is 4.98 Å². The van der Waals surface area contributed by atoms with E-state index in [2.05, 4.69) is 0 Å². The maximum absolute atomic E-state index is 13.3. The van der Waals surface area contributed by atoms with Crippen LogP contribution < -0.4 is 19.1 Å². The fourth-order valence-corrected chi connectivity index (χ4v) is 3.96. The summed E-state index contributed by atoms with van der Waals surface area (Å²) in [6, 6.07) is 10.7. The maximum Gasteiger partial charge on any atom is 0.260 e. The summed E-state index contributed by atoms with van der Waals surface area (Å²) in [5.74, 6) is 1.93. The molecule has 0 spiro atoms. The van der Waals surface area contributed by atoms with Crippen molar-refractivity contribution in [1.29, 1.82) is 0 Å². The van der Waals surface area contributed by atoms with Crippen molar-refractivity contribution in [2.24, 2.45) is 0 Å². The van der Waals surface area contributed by atoms with Gasteiger partial charge in [0.25, 0.3) is 5.91 Å². The molecular formula is C21H25N3O4S. The number of aromatic nitrogens is 1. The van der Waals surface area contributed by atoms with E-state index in [1.807, 2.05) is 31.1 Å². The number of rotatable bonds is 8. The Hall–Kier alpha value is -2.84. The van der Waals surface area contributed by atoms with Gasteiger partial charge in [0, 0.05) is 18.7 Å². The fraction of sp³-hybridized carbons (Fsp3) is 0.333. The van der Waals surface area contributed by atoms with Crippen LogP contribution in [0.25, 0.3) is 10.2 Å². The molecular weight excluding hydrogens is 390 g/mol. The quantitative estimate of drug-likeness (QED) is 0.561. The second-order valence-corrected chi connectivity index (χ2v) is 7.61. The van der Waals surface area contributed by atoms with Gasteiger partial charge in [0.2, 0.25) is 0 Å². The number of likely N-dealkylation sites (N-methyl/N-ethyl adjacent to an activating group) is 1. The van der Waals surface area contributed by atoms with Gasteiger partial charge in [-0.05, 0) is 50.5 Å². The van der Waals surface area contributed by atoms with Crippen molar-refractivity contribution in [2.75, 3.05) is 53.4 Å². The Kier molecular flexibility index (Phi) is 6.56. The number of nitrogens with zero attached hydrogens (tertiary/aromatic N) is 3. The first-order valence-electron chi connectivity index (χ1n) is 9.10. The Morgan fingerprint density at radius 3 is 2.17 bits per heavy atom. The van der Waals surface area contributed by atoms with E-state index in [0.717, 1.165) is 4.70 Å². The van der Waals surface area contributed by atoms with Gasteiger partial charge in [-0.15, -0.1) is 0 Å². The van der Waals surface area contributed by atoms with Gasteiger partial charge in [0.1, 0.15) is 27.5 Å². The molecule has 0 bridgehead atoms. The molecule has 8 heteroatoms. The number of benzene rings is 2. The van der Waals surface area contributed by atoms with Crippen LogP contribution >= 0.6 is 11.3 Å². The van der Waals surface area contributed by atoms with Crippen molar-refractivity contribution in [2.45, 2.75) is 0 Å². The van der Waals surface area contributed by atoms with E-state index in [1.54, 1.807) is 50.5 Å². The van der Waals surface area contributed by atoms with E-state index < -0.39 is 0 Å². The van der Waals surface area contributed by atoms with Crippen molar-refractivity contribution < 1.29 is 19.0 Å². The van der Waals surface area contributed by atoms with E-state index in [0.29, 0.717) is 46.5 Å². The first-order valence-corrected chi connectivity index (χ1v) is 9.92. The molecule has 0 aliphatic carbocycles. The third-order valence-electron chi connectivity index (χ3n) is 4.48. The molecule has 0 atom stereocenters. The molecule has 0 aliphatic rings. The highest BCUT2D eigenvalue weighted by Gasteiger charge is 2.23. The second-order valence-electron chi connectivity index (χ2n) is 6.63. The summed E-state index contributed by atoms with van der Waals surface area (Å²) in [5.41, 5.74) is 1.26. The summed E-state index contributed by atoms with van der Waals surface area (Å²) < 4.78 is 17.0. The van der Waals surface area contributed by atoms with Gasteiger partial charge in [0.15, 0.2) is 5.13 Å². The van der Waals surface area contributed by atoms with Crippen LogP contribution in [0.2, 0.25) is 0 Å². The van der Waals surface area contributed by atoms with Gasteiger partial charge in [-0.1, -0.05) is 11.3 Å². The number of carbonyl (C=O) groups is 1. The van der Waals surface area contributed by atoms with Crippen LogP contribution in [0, 0.1) is 0 Å². The Labute approximate surface area is 174 Å². The average Bonchev–Trinajstić information content (AvgIpc) is 3.18. The van der Waals surface area contributed by atoms with Crippen LogP contribution in [0.1, 0.15) is 10.4 Å². The molecule has 3 aromatic rings. The molecule has 1 aromatic heterocycles. The number of thiazole rings is 1. The van der Waals surface area contributed by atoms with Crippen LogP contribution in [0.15, 0.2) is 36.4 Å². The van der Waals surface area contributed by atoms with Crippen molar-refractivity contribution in [1.82, 2.24) is 9.88 Å². The fourth-order valence-electron chi connectivity index (χ4n) is 2.86. The lowest BCUT2D eigenvalue weighted by Gasteiger charge is -2.22. The zero-order valence-corrected chi connectivity index (χ0v) is 18.1. The average molecular weight is 416 g/mol. The topological polar surface area (TPSA) is 64.1 Å². The third-order valence-corrected chi connectivity index (χ3v) is 5.58. The Balaban J connectivity index is 2.04. The van der Waals surface area contributed by atoms with Crippen LogP contribution in [-0.4, -0.2) is 64.3 Å². The minimum Gasteiger partial charge on any atom is -0.497 e. The predicted octanol–water partition coefficient (Wildman–Crippen LogP) is 3.53. The zero-order chi connectivity index (χ0) is 21.0. The number of fused-ring (bicyclic) bond motifs is 1. The molecule has 0 aliphatic heterocycles. The van der Waals surface area contributed by atoms with Crippen molar-refractivity contribution >= 4 is 32.6 Å². The number of methoxy groups -OCH3 is 3. The molecule has 0 radical (unpaired) electrons. The first kappa shape index (κ1) is 20.9. The minimum absolute atomic E-state index is 0.119. The van der Waals surface area contributed by atoms with Crippen LogP contribution in [0.3, 0.4) is 0 Å². The summed E-state index contributed by atoms with van der Waals surface area (Å²) in [6.45, 7) is 1.20. The monoisotopic (exact) mass is 415 g/mol. The second kappa shape index (κ2) is 9.11. The number of carbonyl (C=O) groups excluding carboxylic acids is 1. The molecule has 0 saturated heterocycles. The minimum atomic E-state index is -0.119. The largest absolute Gasteiger partial charge is 0.497 e. The summed E-state index contributed by atoms with van der Waals surface area (Å²) in [4.78, 5) is 21.8. The number of ether oxygens (including phenoxy) is 3. The molecule has 1 amide bonds. The Bertz CT molecular complexity index is 945. The number of hydrogen-bond acceptors (Lipinski definition) is 7. The SMILES string of the molecule is COc1ccc(C(=O)N(CCN(C)C)c2nc3c(OC)ccc(OC)c3s2)cc1. The van der Waals surface area contributed by atoms with Crippen molar-refractivity contribution in [3.63, 3.8) is 0 Å². The third kappa shape index (κ3) is 4.44. The lowest BCUT2D eigenvalue weighted by atomic mass is 10.2. The van der Waals surface area contributed by atoms with E-state index in [9.17, 15) is 4.79 Å². The molecule has 1 heterocycles. The standard InChI is InChI=1S/C21H25N3O4S/c1-23(2)12-13-24(20(25)14-6-8-15(26-3)9-7-14)21-22-18-16(27-4)10-11-17(28-5)19(18)29-21/h6-11H,12-13H2,1-5H3. The zero-order valence-electron chi connectivity index (χ0n) is 17.3. The maximum atomic E-state index is 13.3. The summed E-state index contributed by atoms with van der Waals surface area (Å²) in [7, 11) is 8.77. The van der Waals surface area contributed by atoms with E-state index in [-0.39, 0.29) is 5.91 Å². The molecule has 154 valence electrons. The van der Waals surface area contributed by atoms with E-state index >= 15 is 0 Å². The predicted molar refractivity (Wildman–Crippen MR) is 116 cm³/mol. The molecule has 7 nitrogen and oxygen atoms in total. The highest BCUT2D eigenvalue weighted by atomic mass is 32.1. The van der Waals surface area contributed by atoms with Crippen LogP contribution in [0.4, 0.5) is 5.13 Å². The Morgan fingerprint density at radius 1 is 0.931 bits per heavy atom. The van der Waals surface area contributed by atoms with Crippen LogP contribution in [-0.2, 0) is 0 Å².